The summed E-state index contributed by atoms with van der Waals surface area (Å²) in [6.45, 7) is 0. The second-order valence-corrected chi connectivity index (χ2v) is 5.62. The van der Waals surface area contributed by atoms with Crippen molar-refractivity contribution in [1.29, 1.82) is 0 Å². The maximum Gasteiger partial charge on any atom is 0.352 e. The Balaban J connectivity index is 2.05. The molecular weight excluding hydrogens is 286 g/mol. The van der Waals surface area contributed by atoms with Gasteiger partial charge in [0.1, 0.15) is 5.69 Å². The molecule has 104 valence electrons. The Bertz CT molecular complexity index is 872. The van der Waals surface area contributed by atoms with Crippen LogP contribution in [-0.4, -0.2) is 16.1 Å². The van der Waals surface area contributed by atoms with Crippen LogP contribution in [0.15, 0.2) is 69.2 Å². The lowest BCUT2D eigenvalue weighted by Crippen LogP contribution is -2.09. The van der Waals surface area contributed by atoms with Gasteiger partial charge in [-0.15, -0.1) is 0 Å². The summed E-state index contributed by atoms with van der Waals surface area (Å²) in [7, 11) is 0. The molecule has 0 saturated carbocycles. The molecule has 0 bridgehead atoms. The number of nitrogens with one attached hydrogen (secondary N) is 1. The number of pyridine rings is 1. The van der Waals surface area contributed by atoms with Crippen molar-refractivity contribution < 1.29 is 9.90 Å². The van der Waals surface area contributed by atoms with Gasteiger partial charge >= 0.3 is 5.97 Å². The van der Waals surface area contributed by atoms with Gasteiger partial charge in [-0.25, -0.2) is 4.79 Å². The Kier molecular flexibility index (Phi) is 3.50. The van der Waals surface area contributed by atoms with Crippen molar-refractivity contribution in [3.8, 4) is 0 Å². The molecule has 0 unspecified atom stereocenters. The summed E-state index contributed by atoms with van der Waals surface area (Å²) in [4.78, 5) is 27.7. The van der Waals surface area contributed by atoms with Gasteiger partial charge in [0.05, 0.1) is 0 Å². The van der Waals surface area contributed by atoms with E-state index in [4.69, 9.17) is 5.11 Å². The molecule has 1 heterocycles. The summed E-state index contributed by atoms with van der Waals surface area (Å²) in [6.07, 6.45) is 0. The fourth-order valence-corrected chi connectivity index (χ4v) is 2.91. The van der Waals surface area contributed by atoms with Gasteiger partial charge in [-0.05, 0) is 30.3 Å². The van der Waals surface area contributed by atoms with Gasteiger partial charge in [-0.1, -0.05) is 30.0 Å². The van der Waals surface area contributed by atoms with E-state index < -0.39 is 5.97 Å². The molecule has 0 atom stereocenters. The first-order valence-electron chi connectivity index (χ1n) is 6.27. The Morgan fingerprint density at radius 2 is 1.76 bits per heavy atom. The average molecular weight is 297 g/mol. The second kappa shape index (κ2) is 5.46. The fraction of sp³-hybridized carbons (Fsp3) is 0. The van der Waals surface area contributed by atoms with Crippen LogP contribution in [0.5, 0.6) is 0 Å². The molecule has 5 heteroatoms. The van der Waals surface area contributed by atoms with E-state index in [9.17, 15) is 9.59 Å². The molecule has 0 saturated heterocycles. The molecule has 0 amide bonds. The highest BCUT2D eigenvalue weighted by atomic mass is 32.2. The Morgan fingerprint density at radius 3 is 2.48 bits per heavy atom. The zero-order valence-electron chi connectivity index (χ0n) is 10.9. The van der Waals surface area contributed by atoms with Crippen LogP contribution in [0.3, 0.4) is 0 Å². The van der Waals surface area contributed by atoms with Gasteiger partial charge in [0.2, 0.25) is 0 Å². The number of rotatable bonds is 3. The first-order valence-corrected chi connectivity index (χ1v) is 7.08. The zero-order chi connectivity index (χ0) is 14.8. The number of benzene rings is 2. The number of fused-ring (bicyclic) bond motifs is 1. The number of carboxylic acid groups (broad SMARTS) is 1. The van der Waals surface area contributed by atoms with Crippen molar-refractivity contribution in [3.05, 3.63) is 70.5 Å². The normalized spacial score (nSPS) is 10.7. The molecule has 0 aliphatic carbocycles. The number of carbonyl (C=O) groups is 1. The van der Waals surface area contributed by atoms with Crippen molar-refractivity contribution in [2.24, 2.45) is 0 Å². The lowest BCUT2D eigenvalue weighted by atomic mass is 10.2. The minimum absolute atomic E-state index is 0.101. The average Bonchev–Trinajstić information content (AvgIpc) is 2.48. The van der Waals surface area contributed by atoms with Crippen LogP contribution in [0.25, 0.3) is 10.9 Å². The van der Waals surface area contributed by atoms with Crippen molar-refractivity contribution in [2.75, 3.05) is 0 Å². The van der Waals surface area contributed by atoms with Crippen LogP contribution in [-0.2, 0) is 0 Å². The molecule has 3 aromatic rings. The van der Waals surface area contributed by atoms with Gasteiger partial charge in [0.15, 0.2) is 5.43 Å². The number of hydrogen-bond donors (Lipinski definition) is 2. The number of aromatic carboxylic acids is 1. The maximum atomic E-state index is 12.0. The van der Waals surface area contributed by atoms with E-state index in [-0.39, 0.29) is 11.1 Å². The van der Waals surface area contributed by atoms with Crippen molar-refractivity contribution in [1.82, 2.24) is 4.98 Å². The number of hydrogen-bond acceptors (Lipinski definition) is 3. The topological polar surface area (TPSA) is 70.2 Å². The van der Waals surface area contributed by atoms with E-state index >= 15 is 0 Å². The van der Waals surface area contributed by atoms with Crippen LogP contribution in [0.2, 0.25) is 0 Å². The van der Waals surface area contributed by atoms with Gasteiger partial charge < -0.3 is 10.1 Å². The summed E-state index contributed by atoms with van der Waals surface area (Å²) < 4.78 is 0. The number of carboxylic acids is 1. The Morgan fingerprint density at radius 1 is 1.00 bits per heavy atom. The summed E-state index contributed by atoms with van der Waals surface area (Å²) in [6, 6.07) is 16.3. The monoisotopic (exact) mass is 297 g/mol. The van der Waals surface area contributed by atoms with Crippen LogP contribution in [0.1, 0.15) is 10.5 Å². The second-order valence-electron chi connectivity index (χ2n) is 4.47. The van der Waals surface area contributed by atoms with Gasteiger partial charge in [-0.2, -0.15) is 0 Å². The van der Waals surface area contributed by atoms with E-state index in [0.29, 0.717) is 10.9 Å². The van der Waals surface area contributed by atoms with Crippen LogP contribution < -0.4 is 5.43 Å². The lowest BCUT2D eigenvalue weighted by Gasteiger charge is -2.04. The molecule has 0 fully saturated rings. The highest BCUT2D eigenvalue weighted by Gasteiger charge is 2.08. The summed E-state index contributed by atoms with van der Waals surface area (Å²) in [5.41, 5.74) is 0.130. The summed E-state index contributed by atoms with van der Waals surface area (Å²) in [5, 5.41) is 9.43. The standard InChI is InChI=1S/C16H11NO3S/c18-15-9-14(16(19)20)17-13-7-6-11(8-12(13)15)21-10-4-2-1-3-5-10/h1-9H,(H,17,18)(H,19,20). The minimum atomic E-state index is -1.14. The molecule has 4 nitrogen and oxygen atoms in total. The predicted molar refractivity (Wildman–Crippen MR) is 82.1 cm³/mol. The van der Waals surface area contributed by atoms with Crippen LogP contribution in [0.4, 0.5) is 0 Å². The highest BCUT2D eigenvalue weighted by Crippen LogP contribution is 2.28. The molecule has 1 aromatic heterocycles. The minimum Gasteiger partial charge on any atom is -0.477 e. The van der Waals surface area contributed by atoms with Crippen LogP contribution >= 0.6 is 11.8 Å². The summed E-state index contributed by atoms with van der Waals surface area (Å²) in [5.74, 6) is -1.14. The third-order valence-corrected chi connectivity index (χ3v) is 4.01. The molecule has 21 heavy (non-hydrogen) atoms. The Labute approximate surface area is 124 Å². The third-order valence-electron chi connectivity index (χ3n) is 3.01. The molecule has 0 spiro atoms. The zero-order valence-corrected chi connectivity index (χ0v) is 11.7. The fourth-order valence-electron chi connectivity index (χ4n) is 2.03. The highest BCUT2D eigenvalue weighted by molar-refractivity contribution is 7.99. The number of H-pyrrole nitrogens is 1. The largest absolute Gasteiger partial charge is 0.477 e. The molecular formula is C16H11NO3S. The van der Waals surface area contributed by atoms with Crippen molar-refractivity contribution in [3.63, 3.8) is 0 Å². The lowest BCUT2D eigenvalue weighted by molar-refractivity contribution is 0.0691. The van der Waals surface area contributed by atoms with E-state index in [2.05, 4.69) is 4.98 Å². The first-order chi connectivity index (χ1) is 10.1. The predicted octanol–water partition coefficient (Wildman–Crippen LogP) is 3.38. The van der Waals surface area contributed by atoms with E-state index in [1.54, 1.807) is 23.9 Å². The molecule has 0 aliphatic rings. The first kappa shape index (κ1) is 13.5. The maximum absolute atomic E-state index is 12.0. The van der Waals surface area contributed by atoms with Gasteiger partial charge in [0.25, 0.3) is 0 Å². The van der Waals surface area contributed by atoms with E-state index in [0.717, 1.165) is 15.9 Å². The van der Waals surface area contributed by atoms with Crippen molar-refractivity contribution in [2.45, 2.75) is 9.79 Å². The molecule has 2 aromatic carbocycles. The van der Waals surface area contributed by atoms with E-state index in [1.165, 1.54) is 0 Å². The molecule has 2 N–H and O–H groups in total. The van der Waals surface area contributed by atoms with Gasteiger partial charge in [0, 0.05) is 26.8 Å². The summed E-state index contributed by atoms with van der Waals surface area (Å²) >= 11 is 1.55. The Hall–Kier alpha value is -2.53. The van der Waals surface area contributed by atoms with Crippen molar-refractivity contribution >= 4 is 28.6 Å². The smallest absolute Gasteiger partial charge is 0.352 e. The van der Waals surface area contributed by atoms with E-state index in [1.807, 2.05) is 36.4 Å². The molecule has 0 aliphatic heterocycles. The SMILES string of the molecule is O=C(O)c1cc(=O)c2cc(Sc3ccccc3)ccc2[nH]1. The molecule has 0 radical (unpaired) electrons. The third kappa shape index (κ3) is 2.83. The van der Waals surface area contributed by atoms with Crippen LogP contribution in [0, 0.1) is 0 Å². The van der Waals surface area contributed by atoms with Gasteiger partial charge in [-0.3, -0.25) is 4.79 Å². The number of aromatic nitrogens is 1. The molecule has 3 rings (SSSR count). The quantitative estimate of drug-likeness (QED) is 0.777. The number of aromatic amines is 1.